The number of anilines is 1. The molecule has 0 spiro atoms. The van der Waals surface area contributed by atoms with Gasteiger partial charge in [0.15, 0.2) is 5.69 Å². The molecule has 5 aromatic rings. The SMILES string of the molecule is O=C(Nc1cnn(Cc2cccnc2)c1)c1n[nH]c2cc(-c3cn[nH]c3)ccc12. The molecule has 3 N–H and O–H groups in total. The zero-order chi connectivity index (χ0) is 19.6. The molecular weight excluding hydrogens is 368 g/mol. The van der Waals surface area contributed by atoms with Gasteiger partial charge in [0.05, 0.1) is 30.1 Å². The van der Waals surface area contributed by atoms with Crippen molar-refractivity contribution in [1.82, 2.24) is 35.2 Å². The molecule has 0 unspecified atom stereocenters. The maximum absolute atomic E-state index is 12.7. The highest BCUT2D eigenvalue weighted by molar-refractivity contribution is 6.11. The largest absolute Gasteiger partial charge is 0.318 e. The summed E-state index contributed by atoms with van der Waals surface area (Å²) in [7, 11) is 0. The van der Waals surface area contributed by atoms with Gasteiger partial charge in [-0.25, -0.2) is 0 Å². The lowest BCUT2D eigenvalue weighted by atomic mass is 10.1. The van der Waals surface area contributed by atoms with E-state index in [-0.39, 0.29) is 5.91 Å². The van der Waals surface area contributed by atoms with Crippen LogP contribution in [-0.2, 0) is 6.54 Å². The van der Waals surface area contributed by atoms with Gasteiger partial charge in [0.1, 0.15) is 0 Å². The van der Waals surface area contributed by atoms with E-state index in [0.29, 0.717) is 17.9 Å². The van der Waals surface area contributed by atoms with Crippen molar-refractivity contribution in [2.75, 3.05) is 5.32 Å². The molecule has 4 heterocycles. The van der Waals surface area contributed by atoms with Crippen molar-refractivity contribution in [2.45, 2.75) is 6.54 Å². The number of carbonyl (C=O) groups is 1. The fourth-order valence-corrected chi connectivity index (χ4v) is 3.16. The lowest BCUT2D eigenvalue weighted by molar-refractivity contribution is 0.102. The average molecular weight is 384 g/mol. The van der Waals surface area contributed by atoms with Crippen LogP contribution in [0, 0.1) is 0 Å². The van der Waals surface area contributed by atoms with E-state index < -0.39 is 0 Å². The number of fused-ring (bicyclic) bond motifs is 1. The molecule has 0 saturated carbocycles. The van der Waals surface area contributed by atoms with E-state index in [1.165, 1.54) is 0 Å². The molecule has 0 bridgehead atoms. The number of aromatic nitrogens is 7. The van der Waals surface area contributed by atoms with Crippen molar-refractivity contribution in [2.24, 2.45) is 0 Å². The van der Waals surface area contributed by atoms with Crippen LogP contribution in [0.5, 0.6) is 0 Å². The van der Waals surface area contributed by atoms with Crippen LogP contribution in [0.2, 0.25) is 0 Å². The van der Waals surface area contributed by atoms with Gasteiger partial charge >= 0.3 is 0 Å². The first kappa shape index (κ1) is 16.9. The van der Waals surface area contributed by atoms with Gasteiger partial charge < -0.3 is 5.32 Å². The molecule has 0 aliphatic carbocycles. The number of aromatic amines is 2. The number of nitrogens with one attached hydrogen (secondary N) is 3. The van der Waals surface area contributed by atoms with Crippen molar-refractivity contribution in [3.8, 4) is 11.1 Å². The van der Waals surface area contributed by atoms with Crippen molar-refractivity contribution in [1.29, 1.82) is 0 Å². The summed E-state index contributed by atoms with van der Waals surface area (Å²) in [4.78, 5) is 16.8. The molecule has 0 saturated heterocycles. The maximum atomic E-state index is 12.7. The summed E-state index contributed by atoms with van der Waals surface area (Å²) in [6.45, 7) is 0.575. The van der Waals surface area contributed by atoms with Crippen LogP contribution in [0.25, 0.3) is 22.0 Å². The van der Waals surface area contributed by atoms with Crippen LogP contribution in [0.4, 0.5) is 5.69 Å². The fraction of sp³-hybridized carbons (Fsp3) is 0.0500. The summed E-state index contributed by atoms with van der Waals surface area (Å²) >= 11 is 0. The van der Waals surface area contributed by atoms with Crippen LogP contribution in [0.15, 0.2) is 67.5 Å². The van der Waals surface area contributed by atoms with Gasteiger partial charge in [0, 0.05) is 35.7 Å². The first-order chi connectivity index (χ1) is 14.3. The average Bonchev–Trinajstić information content (AvgIpc) is 3.49. The Balaban J connectivity index is 1.34. The number of pyridine rings is 1. The highest BCUT2D eigenvalue weighted by Gasteiger charge is 2.16. The summed E-state index contributed by atoms with van der Waals surface area (Å²) in [6, 6.07) is 9.60. The predicted molar refractivity (Wildman–Crippen MR) is 107 cm³/mol. The topological polar surface area (TPSA) is 117 Å². The predicted octanol–water partition coefficient (Wildman–Crippen LogP) is 2.85. The van der Waals surface area contributed by atoms with Crippen LogP contribution in [-0.4, -0.2) is 41.1 Å². The van der Waals surface area contributed by atoms with Crippen molar-refractivity contribution >= 4 is 22.5 Å². The summed E-state index contributed by atoms with van der Waals surface area (Å²) in [6.07, 6.45) is 10.5. The Morgan fingerprint density at radius 1 is 1.14 bits per heavy atom. The third kappa shape index (κ3) is 3.36. The van der Waals surface area contributed by atoms with Crippen LogP contribution in [0.3, 0.4) is 0 Å². The Kier molecular flexibility index (Phi) is 4.10. The summed E-state index contributed by atoms with van der Waals surface area (Å²) in [5, 5.41) is 21.8. The number of rotatable bonds is 5. The fourth-order valence-electron chi connectivity index (χ4n) is 3.16. The van der Waals surface area contributed by atoms with Crippen LogP contribution in [0.1, 0.15) is 16.1 Å². The molecule has 0 atom stereocenters. The lowest BCUT2D eigenvalue weighted by Gasteiger charge is -2.02. The molecule has 1 amide bonds. The molecule has 9 nitrogen and oxygen atoms in total. The van der Waals surface area contributed by atoms with Gasteiger partial charge in [0.2, 0.25) is 0 Å². The zero-order valence-corrected chi connectivity index (χ0v) is 15.2. The minimum Gasteiger partial charge on any atom is -0.318 e. The third-order valence-corrected chi connectivity index (χ3v) is 4.57. The van der Waals surface area contributed by atoms with Crippen LogP contribution < -0.4 is 5.32 Å². The van der Waals surface area contributed by atoms with E-state index in [2.05, 4.69) is 35.8 Å². The number of hydrogen-bond donors (Lipinski definition) is 3. The quantitative estimate of drug-likeness (QED) is 0.431. The Morgan fingerprint density at radius 2 is 2.10 bits per heavy atom. The summed E-state index contributed by atoms with van der Waals surface area (Å²) in [5.74, 6) is -0.298. The highest BCUT2D eigenvalue weighted by Crippen LogP contribution is 2.24. The normalized spacial score (nSPS) is 11.0. The Labute approximate surface area is 164 Å². The second kappa shape index (κ2) is 7.04. The number of H-pyrrole nitrogens is 2. The Bertz CT molecular complexity index is 1270. The van der Waals surface area contributed by atoms with Crippen molar-refractivity contribution in [3.05, 3.63) is 78.8 Å². The van der Waals surface area contributed by atoms with Gasteiger partial charge in [-0.3, -0.25) is 24.7 Å². The molecule has 4 aromatic heterocycles. The Hall–Kier alpha value is -4.27. The van der Waals surface area contributed by atoms with E-state index in [0.717, 1.165) is 27.6 Å². The molecule has 142 valence electrons. The van der Waals surface area contributed by atoms with E-state index in [1.807, 2.05) is 36.5 Å². The molecule has 1 aromatic carbocycles. The minimum absolute atomic E-state index is 0.298. The van der Waals surface area contributed by atoms with Gasteiger partial charge in [-0.1, -0.05) is 12.1 Å². The zero-order valence-electron chi connectivity index (χ0n) is 15.2. The first-order valence-electron chi connectivity index (χ1n) is 8.96. The van der Waals surface area contributed by atoms with Gasteiger partial charge in [0.25, 0.3) is 5.91 Å². The molecule has 29 heavy (non-hydrogen) atoms. The second-order valence-electron chi connectivity index (χ2n) is 6.56. The monoisotopic (exact) mass is 384 g/mol. The summed E-state index contributed by atoms with van der Waals surface area (Å²) in [5.41, 5.74) is 4.69. The van der Waals surface area contributed by atoms with Crippen LogP contribution >= 0.6 is 0 Å². The van der Waals surface area contributed by atoms with E-state index in [9.17, 15) is 4.79 Å². The number of carbonyl (C=O) groups excluding carboxylic acids is 1. The smallest absolute Gasteiger partial charge is 0.276 e. The molecule has 5 rings (SSSR count). The highest BCUT2D eigenvalue weighted by atomic mass is 16.2. The molecule has 0 fully saturated rings. The first-order valence-corrected chi connectivity index (χ1v) is 8.96. The molecule has 9 heteroatoms. The lowest BCUT2D eigenvalue weighted by Crippen LogP contribution is -2.12. The molecule has 0 radical (unpaired) electrons. The van der Waals surface area contributed by atoms with Gasteiger partial charge in [-0.2, -0.15) is 15.3 Å². The number of benzene rings is 1. The minimum atomic E-state index is -0.298. The van der Waals surface area contributed by atoms with E-state index in [1.54, 1.807) is 35.7 Å². The molecular formula is C20H16N8O. The number of hydrogen-bond acceptors (Lipinski definition) is 5. The number of nitrogens with zero attached hydrogens (tertiary/aromatic N) is 5. The Morgan fingerprint density at radius 3 is 2.93 bits per heavy atom. The number of amides is 1. The molecule has 0 aliphatic rings. The van der Waals surface area contributed by atoms with E-state index >= 15 is 0 Å². The standard InChI is InChI=1S/C20H16N8O/c29-20(25-16-10-24-28(12-16)11-13-2-1-5-21-7-13)19-17-4-3-14(6-18(17)26-27-19)15-8-22-23-9-15/h1-10,12H,11H2,(H,22,23)(H,25,29)(H,26,27). The van der Waals surface area contributed by atoms with E-state index in [4.69, 9.17) is 0 Å². The van der Waals surface area contributed by atoms with Gasteiger partial charge in [-0.15, -0.1) is 0 Å². The summed E-state index contributed by atoms with van der Waals surface area (Å²) < 4.78 is 1.74. The van der Waals surface area contributed by atoms with Crippen molar-refractivity contribution in [3.63, 3.8) is 0 Å². The van der Waals surface area contributed by atoms with Crippen molar-refractivity contribution < 1.29 is 4.79 Å². The molecule has 0 aliphatic heterocycles. The second-order valence-corrected chi connectivity index (χ2v) is 6.56. The van der Waals surface area contributed by atoms with Gasteiger partial charge in [-0.05, 0) is 29.3 Å². The third-order valence-electron chi connectivity index (χ3n) is 4.57. The maximum Gasteiger partial charge on any atom is 0.276 e.